The minimum atomic E-state index is 0.587. The van der Waals surface area contributed by atoms with Crippen molar-refractivity contribution in [3.63, 3.8) is 0 Å². The average Bonchev–Trinajstić information content (AvgIpc) is 2.35. The molecular formula is C16H25NO. The topological polar surface area (TPSA) is 35.2 Å². The van der Waals surface area contributed by atoms with Gasteiger partial charge in [-0.3, -0.25) is 0 Å². The molecule has 0 radical (unpaired) electrons. The molecule has 0 saturated heterocycles. The van der Waals surface area contributed by atoms with Crippen LogP contribution in [0.15, 0.2) is 24.8 Å². The minimum Gasteiger partial charge on any atom is -0.493 e. The van der Waals surface area contributed by atoms with Gasteiger partial charge >= 0.3 is 0 Å². The highest BCUT2D eigenvalue weighted by Gasteiger charge is 2.05. The van der Waals surface area contributed by atoms with E-state index < -0.39 is 0 Å². The molecule has 0 atom stereocenters. The van der Waals surface area contributed by atoms with E-state index in [1.165, 1.54) is 29.5 Å². The van der Waals surface area contributed by atoms with E-state index in [4.69, 9.17) is 10.5 Å². The summed E-state index contributed by atoms with van der Waals surface area (Å²) < 4.78 is 5.88. The quantitative estimate of drug-likeness (QED) is 0.559. The Bertz CT molecular complexity index is 362. The Morgan fingerprint density at radius 2 is 1.83 bits per heavy atom. The lowest BCUT2D eigenvalue weighted by Crippen LogP contribution is -2.03. The van der Waals surface area contributed by atoms with E-state index in [2.05, 4.69) is 32.6 Å². The Morgan fingerprint density at radius 3 is 2.39 bits per heavy atom. The van der Waals surface area contributed by atoms with Gasteiger partial charge in [-0.2, -0.15) is 0 Å². The molecule has 100 valence electrons. The highest BCUT2D eigenvalue weighted by molar-refractivity contribution is 5.43. The lowest BCUT2D eigenvalue weighted by molar-refractivity contribution is 0.301. The van der Waals surface area contributed by atoms with Gasteiger partial charge in [-0.25, -0.2) is 0 Å². The third-order valence-corrected chi connectivity index (χ3v) is 3.05. The van der Waals surface area contributed by atoms with Gasteiger partial charge in [0.05, 0.1) is 6.61 Å². The predicted molar refractivity (Wildman–Crippen MR) is 78.0 cm³/mol. The predicted octanol–water partition coefficient (Wildman–Crippen LogP) is 3.89. The molecule has 0 aliphatic rings. The highest BCUT2D eigenvalue weighted by Crippen LogP contribution is 2.25. The van der Waals surface area contributed by atoms with Crippen LogP contribution < -0.4 is 10.5 Å². The van der Waals surface area contributed by atoms with E-state index in [9.17, 15) is 0 Å². The van der Waals surface area contributed by atoms with Crippen molar-refractivity contribution in [1.82, 2.24) is 0 Å². The van der Waals surface area contributed by atoms with E-state index in [-0.39, 0.29) is 0 Å². The van der Waals surface area contributed by atoms with Crippen LogP contribution in [0, 0.1) is 13.8 Å². The molecule has 0 aromatic heterocycles. The maximum Gasteiger partial charge on any atom is 0.125 e. The van der Waals surface area contributed by atoms with E-state index in [0.717, 1.165) is 25.2 Å². The Hall–Kier alpha value is -1.28. The zero-order chi connectivity index (χ0) is 13.4. The van der Waals surface area contributed by atoms with Crippen molar-refractivity contribution in [2.75, 3.05) is 6.61 Å². The fraction of sp³-hybridized carbons (Fsp3) is 0.500. The fourth-order valence-corrected chi connectivity index (χ4v) is 2.13. The van der Waals surface area contributed by atoms with Crippen LogP contribution in [0.2, 0.25) is 0 Å². The first-order valence-corrected chi connectivity index (χ1v) is 6.73. The summed E-state index contributed by atoms with van der Waals surface area (Å²) in [5.41, 5.74) is 9.19. The van der Waals surface area contributed by atoms with Gasteiger partial charge in [0.25, 0.3) is 0 Å². The van der Waals surface area contributed by atoms with Gasteiger partial charge in [0, 0.05) is 6.54 Å². The summed E-state index contributed by atoms with van der Waals surface area (Å²) in [6.45, 7) is 9.27. The molecule has 1 rings (SSSR count). The molecule has 1 aromatic carbocycles. The highest BCUT2D eigenvalue weighted by atomic mass is 16.5. The fourth-order valence-electron chi connectivity index (χ4n) is 2.13. The third kappa shape index (κ3) is 4.53. The van der Waals surface area contributed by atoms with Crippen LogP contribution in [0.3, 0.4) is 0 Å². The zero-order valence-corrected chi connectivity index (χ0v) is 11.7. The zero-order valence-electron chi connectivity index (χ0n) is 11.7. The van der Waals surface area contributed by atoms with Crippen LogP contribution in [0.4, 0.5) is 0 Å². The molecule has 0 aliphatic heterocycles. The summed E-state index contributed by atoms with van der Waals surface area (Å²) in [6.07, 6.45) is 6.58. The standard InChI is InChI=1S/C16H25NO/c1-4-5-6-7-8-9-18-16-13(2)10-15(12-17)11-14(16)3/h4,10-11H,1,5-9,12,17H2,2-3H3. The van der Waals surface area contributed by atoms with Crippen LogP contribution >= 0.6 is 0 Å². The maximum atomic E-state index is 5.88. The van der Waals surface area contributed by atoms with Gasteiger partial charge in [0.1, 0.15) is 5.75 Å². The number of hydrogen-bond donors (Lipinski definition) is 1. The largest absolute Gasteiger partial charge is 0.493 e. The van der Waals surface area contributed by atoms with Gasteiger partial charge in [0.15, 0.2) is 0 Å². The smallest absolute Gasteiger partial charge is 0.125 e. The van der Waals surface area contributed by atoms with Crippen molar-refractivity contribution >= 4 is 0 Å². The van der Waals surface area contributed by atoms with Crippen molar-refractivity contribution in [2.24, 2.45) is 5.73 Å². The number of unbranched alkanes of at least 4 members (excludes halogenated alkanes) is 3. The second kappa shape index (κ2) is 7.93. The molecular weight excluding hydrogens is 222 g/mol. The second-order valence-corrected chi connectivity index (χ2v) is 4.75. The molecule has 2 nitrogen and oxygen atoms in total. The molecule has 0 fully saturated rings. The van der Waals surface area contributed by atoms with E-state index in [1.807, 2.05) is 6.08 Å². The van der Waals surface area contributed by atoms with Crippen LogP contribution in [0.25, 0.3) is 0 Å². The Morgan fingerprint density at radius 1 is 1.17 bits per heavy atom. The number of ether oxygens (including phenoxy) is 1. The number of rotatable bonds is 8. The molecule has 0 unspecified atom stereocenters. The lowest BCUT2D eigenvalue weighted by Gasteiger charge is -2.13. The number of allylic oxidation sites excluding steroid dienone is 1. The second-order valence-electron chi connectivity index (χ2n) is 4.75. The van der Waals surface area contributed by atoms with E-state index in [1.54, 1.807) is 0 Å². The van der Waals surface area contributed by atoms with Gasteiger partial charge < -0.3 is 10.5 Å². The Kier molecular flexibility index (Phi) is 6.51. The average molecular weight is 247 g/mol. The number of benzene rings is 1. The van der Waals surface area contributed by atoms with Gasteiger partial charge in [0.2, 0.25) is 0 Å². The van der Waals surface area contributed by atoms with E-state index in [0.29, 0.717) is 6.54 Å². The van der Waals surface area contributed by atoms with Crippen LogP contribution in [-0.2, 0) is 6.54 Å². The molecule has 0 saturated carbocycles. The van der Waals surface area contributed by atoms with Gasteiger partial charge in [-0.15, -0.1) is 6.58 Å². The summed E-state index contributed by atoms with van der Waals surface area (Å²) in [5.74, 6) is 1.02. The molecule has 0 spiro atoms. The van der Waals surface area contributed by atoms with Crippen molar-refractivity contribution in [3.05, 3.63) is 41.5 Å². The minimum absolute atomic E-state index is 0.587. The monoisotopic (exact) mass is 247 g/mol. The molecule has 0 aliphatic carbocycles. The van der Waals surface area contributed by atoms with E-state index >= 15 is 0 Å². The molecule has 18 heavy (non-hydrogen) atoms. The first-order chi connectivity index (χ1) is 8.69. The molecule has 1 aromatic rings. The summed E-state index contributed by atoms with van der Waals surface area (Å²) in [5, 5.41) is 0. The number of hydrogen-bond acceptors (Lipinski definition) is 2. The van der Waals surface area contributed by atoms with Crippen LogP contribution in [0.1, 0.15) is 42.4 Å². The summed E-state index contributed by atoms with van der Waals surface area (Å²) in [6, 6.07) is 4.22. The number of aryl methyl sites for hydroxylation is 2. The van der Waals surface area contributed by atoms with Gasteiger partial charge in [-0.1, -0.05) is 18.2 Å². The SMILES string of the molecule is C=CCCCCCOc1c(C)cc(CN)cc1C. The van der Waals surface area contributed by atoms with Crippen LogP contribution in [0.5, 0.6) is 5.75 Å². The Labute approximate surface area is 111 Å². The third-order valence-electron chi connectivity index (χ3n) is 3.05. The lowest BCUT2D eigenvalue weighted by atomic mass is 10.1. The van der Waals surface area contributed by atoms with Gasteiger partial charge in [-0.05, 0) is 56.2 Å². The molecule has 0 heterocycles. The first kappa shape index (κ1) is 14.8. The molecule has 0 bridgehead atoms. The van der Waals surface area contributed by atoms with Crippen molar-refractivity contribution < 1.29 is 4.74 Å². The van der Waals surface area contributed by atoms with Crippen molar-refractivity contribution in [2.45, 2.75) is 46.1 Å². The van der Waals surface area contributed by atoms with Crippen LogP contribution in [-0.4, -0.2) is 6.61 Å². The van der Waals surface area contributed by atoms with Crippen molar-refractivity contribution in [3.8, 4) is 5.75 Å². The summed E-state index contributed by atoms with van der Waals surface area (Å²) in [4.78, 5) is 0. The molecule has 2 N–H and O–H groups in total. The molecule has 2 heteroatoms. The Balaban J connectivity index is 2.44. The van der Waals surface area contributed by atoms with Crippen molar-refractivity contribution in [1.29, 1.82) is 0 Å². The first-order valence-electron chi connectivity index (χ1n) is 6.73. The summed E-state index contributed by atoms with van der Waals surface area (Å²) in [7, 11) is 0. The number of nitrogens with two attached hydrogens (primary N) is 1. The summed E-state index contributed by atoms with van der Waals surface area (Å²) >= 11 is 0. The molecule has 0 amide bonds. The normalized spacial score (nSPS) is 10.4. The maximum absolute atomic E-state index is 5.88.